The quantitative estimate of drug-likeness (QED) is 0.653. The lowest BCUT2D eigenvalue weighted by Crippen LogP contribution is -2.46. The van der Waals surface area contributed by atoms with E-state index in [-0.39, 0.29) is 0 Å². The van der Waals surface area contributed by atoms with Gasteiger partial charge in [-0.25, -0.2) is 0 Å². The van der Waals surface area contributed by atoms with Crippen LogP contribution in [0.2, 0.25) is 0 Å². The summed E-state index contributed by atoms with van der Waals surface area (Å²) >= 11 is 0. The van der Waals surface area contributed by atoms with Crippen LogP contribution >= 0.6 is 0 Å². The molecule has 2 aliphatic heterocycles. The SMILES string of the molecule is CN=C(NCC(C)(O)c1ccco1)N1CCC2(CCOCC2)C1. The summed E-state index contributed by atoms with van der Waals surface area (Å²) in [5.41, 5.74) is -0.686. The summed E-state index contributed by atoms with van der Waals surface area (Å²) in [7, 11) is 1.79. The number of likely N-dealkylation sites (tertiary alicyclic amines) is 1. The second kappa shape index (κ2) is 6.53. The molecule has 0 radical (unpaired) electrons. The van der Waals surface area contributed by atoms with Crippen molar-refractivity contribution >= 4 is 5.96 Å². The van der Waals surface area contributed by atoms with Crippen LogP contribution in [0, 0.1) is 5.41 Å². The molecule has 2 aliphatic rings. The first kappa shape index (κ1) is 16.3. The van der Waals surface area contributed by atoms with E-state index >= 15 is 0 Å². The Bertz CT molecular complexity index is 533. The fraction of sp³-hybridized carbons (Fsp3) is 0.706. The van der Waals surface area contributed by atoms with Crippen molar-refractivity contribution in [2.75, 3.05) is 39.9 Å². The fourth-order valence-electron chi connectivity index (χ4n) is 3.58. The monoisotopic (exact) mass is 321 g/mol. The second-order valence-corrected chi connectivity index (χ2v) is 6.94. The molecule has 1 spiro atoms. The summed E-state index contributed by atoms with van der Waals surface area (Å²) in [6, 6.07) is 3.57. The molecular formula is C17H27N3O3. The minimum Gasteiger partial charge on any atom is -0.466 e. The Hall–Kier alpha value is -1.53. The van der Waals surface area contributed by atoms with Crippen LogP contribution < -0.4 is 5.32 Å². The molecule has 128 valence electrons. The summed E-state index contributed by atoms with van der Waals surface area (Å²) < 4.78 is 10.8. The van der Waals surface area contributed by atoms with Crippen molar-refractivity contribution in [3.63, 3.8) is 0 Å². The third kappa shape index (κ3) is 3.53. The molecule has 2 saturated heterocycles. The zero-order valence-corrected chi connectivity index (χ0v) is 14.0. The Labute approximate surface area is 137 Å². The molecule has 1 aromatic heterocycles. The zero-order chi connectivity index (χ0) is 16.3. The van der Waals surface area contributed by atoms with Crippen LogP contribution in [0.5, 0.6) is 0 Å². The van der Waals surface area contributed by atoms with E-state index in [1.54, 1.807) is 32.4 Å². The van der Waals surface area contributed by atoms with Gasteiger partial charge in [-0.05, 0) is 43.7 Å². The first-order chi connectivity index (χ1) is 11.0. The van der Waals surface area contributed by atoms with E-state index in [0.717, 1.165) is 45.1 Å². The Morgan fingerprint density at radius 3 is 2.87 bits per heavy atom. The van der Waals surface area contributed by atoms with Gasteiger partial charge in [0, 0.05) is 33.4 Å². The van der Waals surface area contributed by atoms with Crippen LogP contribution in [0.15, 0.2) is 27.8 Å². The maximum absolute atomic E-state index is 10.6. The van der Waals surface area contributed by atoms with E-state index in [9.17, 15) is 5.11 Å². The minimum atomic E-state index is -1.06. The number of nitrogens with one attached hydrogen (secondary N) is 1. The molecule has 6 heteroatoms. The number of hydrogen-bond donors (Lipinski definition) is 2. The number of ether oxygens (including phenoxy) is 1. The third-order valence-electron chi connectivity index (χ3n) is 5.15. The maximum Gasteiger partial charge on any atom is 0.193 e. The van der Waals surface area contributed by atoms with Crippen molar-refractivity contribution < 1.29 is 14.3 Å². The Balaban J connectivity index is 1.59. The van der Waals surface area contributed by atoms with Crippen LogP contribution in [-0.2, 0) is 10.3 Å². The van der Waals surface area contributed by atoms with Gasteiger partial charge in [-0.1, -0.05) is 0 Å². The van der Waals surface area contributed by atoms with E-state index in [2.05, 4.69) is 15.2 Å². The molecule has 3 rings (SSSR count). The summed E-state index contributed by atoms with van der Waals surface area (Å²) in [6.07, 6.45) is 5.02. The molecule has 0 aromatic carbocycles. The van der Waals surface area contributed by atoms with E-state index in [1.165, 1.54) is 6.42 Å². The number of furan rings is 1. The molecule has 1 atom stereocenters. The lowest BCUT2D eigenvalue weighted by Gasteiger charge is -2.34. The minimum absolute atomic E-state index is 0.361. The van der Waals surface area contributed by atoms with Gasteiger partial charge in [0.15, 0.2) is 5.96 Å². The molecule has 0 bridgehead atoms. The number of nitrogens with zero attached hydrogens (tertiary/aromatic N) is 2. The predicted molar refractivity (Wildman–Crippen MR) is 88.3 cm³/mol. The van der Waals surface area contributed by atoms with Crippen molar-refractivity contribution in [3.05, 3.63) is 24.2 Å². The molecule has 1 aromatic rings. The lowest BCUT2D eigenvalue weighted by molar-refractivity contribution is 0.0215. The highest BCUT2D eigenvalue weighted by Gasteiger charge is 2.40. The first-order valence-corrected chi connectivity index (χ1v) is 8.34. The highest BCUT2D eigenvalue weighted by molar-refractivity contribution is 5.80. The highest BCUT2D eigenvalue weighted by Crippen LogP contribution is 2.39. The molecule has 1 unspecified atom stereocenters. The summed E-state index contributed by atoms with van der Waals surface area (Å²) in [6.45, 7) is 5.86. The van der Waals surface area contributed by atoms with Gasteiger partial charge in [0.1, 0.15) is 11.4 Å². The lowest BCUT2D eigenvalue weighted by atomic mass is 9.80. The number of hydrogen-bond acceptors (Lipinski definition) is 4. The predicted octanol–water partition coefficient (Wildman–Crippen LogP) is 1.57. The fourth-order valence-corrected chi connectivity index (χ4v) is 3.58. The Kier molecular flexibility index (Phi) is 4.64. The number of aliphatic imine (C=N–C) groups is 1. The van der Waals surface area contributed by atoms with Crippen LogP contribution in [-0.4, -0.2) is 55.9 Å². The molecule has 0 saturated carbocycles. The Morgan fingerprint density at radius 1 is 1.43 bits per heavy atom. The maximum atomic E-state index is 10.6. The highest BCUT2D eigenvalue weighted by atomic mass is 16.5. The molecule has 3 heterocycles. The molecule has 6 nitrogen and oxygen atoms in total. The molecule has 23 heavy (non-hydrogen) atoms. The average molecular weight is 321 g/mol. The van der Waals surface area contributed by atoms with Crippen LogP contribution in [0.3, 0.4) is 0 Å². The van der Waals surface area contributed by atoms with Gasteiger partial charge in [-0.3, -0.25) is 4.99 Å². The largest absolute Gasteiger partial charge is 0.466 e. The van der Waals surface area contributed by atoms with Crippen LogP contribution in [0.4, 0.5) is 0 Å². The number of aliphatic hydroxyl groups is 1. The van der Waals surface area contributed by atoms with E-state index in [4.69, 9.17) is 9.15 Å². The van der Waals surface area contributed by atoms with Gasteiger partial charge in [0.2, 0.25) is 0 Å². The average Bonchev–Trinajstić information content (AvgIpc) is 3.20. The molecule has 0 aliphatic carbocycles. The van der Waals surface area contributed by atoms with Gasteiger partial charge in [-0.2, -0.15) is 0 Å². The van der Waals surface area contributed by atoms with E-state index < -0.39 is 5.60 Å². The summed E-state index contributed by atoms with van der Waals surface area (Å²) in [5.74, 6) is 1.41. The van der Waals surface area contributed by atoms with Crippen molar-refractivity contribution in [2.24, 2.45) is 10.4 Å². The summed E-state index contributed by atoms with van der Waals surface area (Å²) in [5, 5.41) is 13.9. The first-order valence-electron chi connectivity index (χ1n) is 8.34. The smallest absolute Gasteiger partial charge is 0.193 e. The van der Waals surface area contributed by atoms with Gasteiger partial charge in [0.05, 0.1) is 12.8 Å². The topological polar surface area (TPSA) is 70.2 Å². The standard InChI is InChI=1S/C17H27N3O3/c1-16(21,14-4-3-9-23-14)12-19-15(18-2)20-8-5-17(13-20)6-10-22-11-7-17/h3-4,9,21H,5-8,10-13H2,1-2H3,(H,18,19). The van der Waals surface area contributed by atoms with Crippen molar-refractivity contribution in [3.8, 4) is 0 Å². The van der Waals surface area contributed by atoms with Gasteiger partial charge < -0.3 is 24.5 Å². The van der Waals surface area contributed by atoms with Gasteiger partial charge in [-0.15, -0.1) is 0 Å². The number of guanidine groups is 1. The number of rotatable bonds is 3. The van der Waals surface area contributed by atoms with E-state index in [0.29, 0.717) is 17.7 Å². The van der Waals surface area contributed by atoms with Gasteiger partial charge in [0.25, 0.3) is 0 Å². The Morgan fingerprint density at radius 2 is 2.22 bits per heavy atom. The van der Waals surface area contributed by atoms with E-state index in [1.807, 2.05) is 0 Å². The second-order valence-electron chi connectivity index (χ2n) is 6.94. The van der Waals surface area contributed by atoms with Gasteiger partial charge >= 0.3 is 0 Å². The molecule has 0 amide bonds. The molecule has 2 fully saturated rings. The summed E-state index contributed by atoms with van der Waals surface area (Å²) in [4.78, 5) is 6.69. The molecular weight excluding hydrogens is 294 g/mol. The van der Waals surface area contributed by atoms with Crippen molar-refractivity contribution in [1.29, 1.82) is 0 Å². The normalized spacial score (nSPS) is 24.0. The zero-order valence-electron chi connectivity index (χ0n) is 14.0. The third-order valence-corrected chi connectivity index (χ3v) is 5.15. The van der Waals surface area contributed by atoms with Crippen molar-refractivity contribution in [2.45, 2.75) is 31.8 Å². The van der Waals surface area contributed by atoms with Crippen LogP contribution in [0.1, 0.15) is 31.9 Å². The van der Waals surface area contributed by atoms with Crippen molar-refractivity contribution in [1.82, 2.24) is 10.2 Å². The van der Waals surface area contributed by atoms with Crippen LogP contribution in [0.25, 0.3) is 0 Å². The molecule has 2 N–H and O–H groups in total.